The van der Waals surface area contributed by atoms with Crippen molar-refractivity contribution in [2.24, 2.45) is 0 Å². The van der Waals surface area contributed by atoms with Crippen molar-refractivity contribution < 1.29 is 29.1 Å². The van der Waals surface area contributed by atoms with Crippen molar-refractivity contribution >= 4 is 29.3 Å². The van der Waals surface area contributed by atoms with Crippen LogP contribution in [0.25, 0.3) is 6.08 Å². The van der Waals surface area contributed by atoms with Crippen LogP contribution in [0.3, 0.4) is 0 Å². The molecule has 0 bridgehead atoms. The van der Waals surface area contributed by atoms with Crippen LogP contribution in [0.1, 0.15) is 15.9 Å². The predicted molar refractivity (Wildman–Crippen MR) is 125 cm³/mol. The van der Waals surface area contributed by atoms with Crippen molar-refractivity contribution in [3.8, 4) is 17.2 Å². The summed E-state index contributed by atoms with van der Waals surface area (Å²) < 4.78 is 10.3. The van der Waals surface area contributed by atoms with Crippen LogP contribution >= 0.6 is 0 Å². The number of phenols is 1. The fourth-order valence-electron chi connectivity index (χ4n) is 3.00. The molecule has 2 amide bonds. The zero-order valence-corrected chi connectivity index (χ0v) is 18.3. The second kappa shape index (κ2) is 10.6. The van der Waals surface area contributed by atoms with Crippen molar-refractivity contribution in [3.63, 3.8) is 0 Å². The minimum atomic E-state index is -0.737. The molecule has 3 aromatic carbocycles. The van der Waals surface area contributed by atoms with Crippen LogP contribution in [0.4, 0.5) is 11.4 Å². The Balaban J connectivity index is 2.06. The van der Waals surface area contributed by atoms with Crippen LogP contribution in [0.2, 0.25) is 0 Å². The van der Waals surface area contributed by atoms with Crippen LogP contribution < -0.4 is 20.1 Å². The highest BCUT2D eigenvalue weighted by Crippen LogP contribution is 2.35. The van der Waals surface area contributed by atoms with Gasteiger partial charge in [0.1, 0.15) is 11.4 Å². The average Bonchev–Trinajstić information content (AvgIpc) is 2.84. The van der Waals surface area contributed by atoms with Gasteiger partial charge in [-0.25, -0.2) is 0 Å². The van der Waals surface area contributed by atoms with E-state index in [2.05, 4.69) is 10.6 Å². The molecule has 0 saturated heterocycles. The van der Waals surface area contributed by atoms with Crippen LogP contribution in [0.5, 0.6) is 17.2 Å². The first kappa shape index (κ1) is 23.8. The Morgan fingerprint density at radius 2 is 1.59 bits per heavy atom. The largest absolute Gasteiger partial charge is 0.508 e. The number of anilines is 1. The Morgan fingerprint density at radius 1 is 0.971 bits per heavy atom. The molecule has 0 heterocycles. The number of carbonyl (C=O) groups is 2. The van der Waals surface area contributed by atoms with Crippen molar-refractivity contribution in [3.05, 3.63) is 93.7 Å². The van der Waals surface area contributed by atoms with E-state index in [0.29, 0.717) is 5.69 Å². The molecule has 0 aromatic heterocycles. The van der Waals surface area contributed by atoms with Gasteiger partial charge in [-0.2, -0.15) is 0 Å². The van der Waals surface area contributed by atoms with Crippen LogP contribution in [0.15, 0.2) is 72.4 Å². The summed E-state index contributed by atoms with van der Waals surface area (Å²) >= 11 is 0. The molecular weight excluding hydrogens is 442 g/mol. The molecule has 34 heavy (non-hydrogen) atoms. The second-order valence-corrected chi connectivity index (χ2v) is 6.90. The maximum absolute atomic E-state index is 13.0. The molecular formula is C24H21N3O7. The smallest absolute Gasteiger partial charge is 0.280 e. The lowest BCUT2D eigenvalue weighted by atomic mass is 10.1. The first-order valence-electron chi connectivity index (χ1n) is 9.91. The summed E-state index contributed by atoms with van der Waals surface area (Å²) in [7, 11) is 2.71. The van der Waals surface area contributed by atoms with Gasteiger partial charge in [-0.3, -0.25) is 19.7 Å². The first-order chi connectivity index (χ1) is 16.3. The SMILES string of the molecule is COc1cc(/C=C(/NC(=O)c2ccccc2)C(=O)Nc2ccc(O)cc2)c([N+](=O)[O-])cc1OC. The minimum absolute atomic E-state index is 0.00636. The zero-order chi connectivity index (χ0) is 24.7. The summed E-state index contributed by atoms with van der Waals surface area (Å²) in [6.07, 6.45) is 1.18. The normalized spacial score (nSPS) is 10.8. The van der Waals surface area contributed by atoms with Crippen molar-refractivity contribution in [1.29, 1.82) is 0 Å². The number of nitrogens with one attached hydrogen (secondary N) is 2. The molecule has 0 fully saturated rings. The van der Waals surface area contributed by atoms with E-state index in [4.69, 9.17) is 9.47 Å². The Labute approximate surface area is 194 Å². The number of ether oxygens (including phenoxy) is 2. The number of rotatable bonds is 8. The minimum Gasteiger partial charge on any atom is -0.508 e. The highest BCUT2D eigenvalue weighted by Gasteiger charge is 2.22. The quantitative estimate of drug-likeness (QED) is 0.200. The fraction of sp³-hybridized carbons (Fsp3) is 0.0833. The van der Waals surface area contributed by atoms with Gasteiger partial charge in [0.05, 0.1) is 30.8 Å². The number of phenolic OH excluding ortho intramolecular Hbond substituents is 1. The molecule has 0 unspecified atom stereocenters. The number of methoxy groups -OCH3 is 2. The molecule has 0 atom stereocenters. The van der Waals surface area contributed by atoms with E-state index in [1.165, 1.54) is 56.7 Å². The van der Waals surface area contributed by atoms with Crippen LogP contribution in [-0.2, 0) is 4.79 Å². The molecule has 0 spiro atoms. The molecule has 0 aliphatic rings. The van der Waals surface area contributed by atoms with Gasteiger partial charge in [0.2, 0.25) is 0 Å². The fourth-order valence-corrected chi connectivity index (χ4v) is 3.00. The van der Waals surface area contributed by atoms with Crippen LogP contribution in [0, 0.1) is 10.1 Å². The summed E-state index contributed by atoms with van der Waals surface area (Å²) in [5, 5.41) is 26.2. The molecule has 0 saturated carbocycles. The number of aromatic hydroxyl groups is 1. The number of nitro benzene ring substituents is 1. The third kappa shape index (κ3) is 5.68. The molecule has 174 valence electrons. The Morgan fingerprint density at radius 3 is 2.18 bits per heavy atom. The van der Waals surface area contributed by atoms with Crippen molar-refractivity contribution in [2.75, 3.05) is 19.5 Å². The molecule has 10 nitrogen and oxygen atoms in total. The highest BCUT2D eigenvalue weighted by atomic mass is 16.6. The molecule has 3 aromatic rings. The summed E-state index contributed by atoms with van der Waals surface area (Å²) in [5.74, 6) is -0.983. The van der Waals surface area contributed by atoms with Gasteiger partial charge in [-0.1, -0.05) is 18.2 Å². The van der Waals surface area contributed by atoms with E-state index >= 15 is 0 Å². The molecule has 0 aliphatic carbocycles. The Kier molecular flexibility index (Phi) is 7.45. The molecule has 3 N–H and O–H groups in total. The Hall–Kier alpha value is -4.86. The molecule has 3 rings (SSSR count). The van der Waals surface area contributed by atoms with E-state index < -0.39 is 16.7 Å². The highest BCUT2D eigenvalue weighted by molar-refractivity contribution is 6.11. The van der Waals surface area contributed by atoms with Gasteiger partial charge in [0.25, 0.3) is 17.5 Å². The maximum Gasteiger partial charge on any atom is 0.280 e. The number of hydrogen-bond acceptors (Lipinski definition) is 7. The number of amides is 2. The topological polar surface area (TPSA) is 140 Å². The molecule has 0 aliphatic heterocycles. The Bertz CT molecular complexity index is 1240. The summed E-state index contributed by atoms with van der Waals surface area (Å²) in [5.41, 5.74) is 0.0165. The number of nitro groups is 1. The number of nitrogens with zero attached hydrogens (tertiary/aromatic N) is 1. The predicted octanol–water partition coefficient (Wildman–Crippen LogP) is 3.73. The molecule has 0 radical (unpaired) electrons. The van der Waals surface area contributed by atoms with Gasteiger partial charge in [-0.15, -0.1) is 0 Å². The van der Waals surface area contributed by atoms with Crippen molar-refractivity contribution in [2.45, 2.75) is 0 Å². The number of carbonyl (C=O) groups excluding carboxylic acids is 2. The maximum atomic E-state index is 13.0. The summed E-state index contributed by atoms with van der Waals surface area (Å²) in [6.45, 7) is 0. The monoisotopic (exact) mass is 463 g/mol. The van der Waals surface area contributed by atoms with Gasteiger partial charge in [-0.05, 0) is 48.5 Å². The molecule has 10 heteroatoms. The lowest BCUT2D eigenvalue weighted by molar-refractivity contribution is -0.385. The first-order valence-corrected chi connectivity index (χ1v) is 9.91. The third-order valence-electron chi connectivity index (χ3n) is 4.68. The van der Waals surface area contributed by atoms with Crippen LogP contribution in [-0.4, -0.2) is 36.1 Å². The third-order valence-corrected chi connectivity index (χ3v) is 4.68. The van der Waals surface area contributed by atoms with Gasteiger partial charge >= 0.3 is 0 Å². The average molecular weight is 463 g/mol. The summed E-state index contributed by atoms with van der Waals surface area (Å²) in [4.78, 5) is 36.8. The van der Waals surface area contributed by atoms with E-state index in [9.17, 15) is 24.8 Å². The lowest BCUT2D eigenvalue weighted by Gasteiger charge is -2.13. The van der Waals surface area contributed by atoms with Crippen molar-refractivity contribution in [1.82, 2.24) is 5.32 Å². The number of benzene rings is 3. The standard InChI is InChI=1S/C24H21N3O7/c1-33-21-13-16(20(27(31)32)14-22(21)34-2)12-19(26-23(29)15-6-4-3-5-7-15)24(30)25-17-8-10-18(28)11-9-17/h3-14,28H,1-2H3,(H,25,30)(H,26,29)/b19-12+. The van der Waals surface area contributed by atoms with E-state index in [0.717, 1.165) is 0 Å². The summed E-state index contributed by atoms with van der Waals surface area (Å²) in [6, 6.07) is 16.3. The van der Waals surface area contributed by atoms with E-state index in [-0.39, 0.29) is 39.8 Å². The zero-order valence-electron chi connectivity index (χ0n) is 18.3. The van der Waals surface area contributed by atoms with Gasteiger partial charge < -0.3 is 25.2 Å². The van der Waals surface area contributed by atoms with E-state index in [1.54, 1.807) is 30.3 Å². The van der Waals surface area contributed by atoms with E-state index in [1.807, 2.05) is 0 Å². The lowest BCUT2D eigenvalue weighted by Crippen LogP contribution is -2.30. The van der Waals surface area contributed by atoms with Gasteiger partial charge in [0.15, 0.2) is 11.5 Å². The van der Waals surface area contributed by atoms with Gasteiger partial charge in [0, 0.05) is 11.3 Å². The number of hydrogen-bond donors (Lipinski definition) is 3. The second-order valence-electron chi connectivity index (χ2n) is 6.90.